The topological polar surface area (TPSA) is 238 Å². The first-order valence-electron chi connectivity index (χ1n) is 13.3. The number of aliphatic hydroxyl groups is 6. The molecule has 15 heteroatoms. The fraction of sp³-hybridized carbons (Fsp3) is 0.464. The molecule has 15 nitrogen and oxygen atoms in total. The molecule has 0 bridgehead atoms. The van der Waals surface area contributed by atoms with E-state index in [4.69, 9.17) is 28.1 Å². The summed E-state index contributed by atoms with van der Waals surface area (Å²) in [5, 5.41) is 82.2. The molecule has 2 fully saturated rings. The Morgan fingerprint density at radius 1 is 0.837 bits per heavy atom. The fourth-order valence-corrected chi connectivity index (χ4v) is 5.01. The maximum Gasteiger partial charge on any atom is 0.229 e. The van der Waals surface area contributed by atoms with E-state index in [-0.39, 0.29) is 34.0 Å². The van der Waals surface area contributed by atoms with Crippen LogP contribution in [0.5, 0.6) is 23.0 Å². The van der Waals surface area contributed by atoms with Crippen LogP contribution in [0.4, 0.5) is 0 Å². The van der Waals surface area contributed by atoms with Crippen molar-refractivity contribution < 1.29 is 69.0 Å². The van der Waals surface area contributed by atoms with Crippen molar-refractivity contribution in [2.75, 3.05) is 13.7 Å². The molecular formula is C28H32O15. The number of hydrogen-bond acceptors (Lipinski definition) is 15. The molecule has 0 aliphatic carbocycles. The van der Waals surface area contributed by atoms with Gasteiger partial charge in [0.2, 0.25) is 6.29 Å². The van der Waals surface area contributed by atoms with Crippen molar-refractivity contribution in [3.8, 4) is 34.3 Å². The number of aliphatic hydroxyl groups excluding tert-OH is 6. The van der Waals surface area contributed by atoms with Gasteiger partial charge in [0.25, 0.3) is 0 Å². The monoisotopic (exact) mass is 608 g/mol. The molecule has 0 spiro atoms. The Bertz CT molecular complexity index is 1510. The highest BCUT2D eigenvalue weighted by atomic mass is 16.8. The standard InChI is InChI=1S/C28H32O15/c1-10-21(33)23(35)25(37)27(39-10)43-26-24(36)22(34)19(9-29)42-28(26)40-12-6-14(31)20-15(32)8-17(41-18(20)7-12)11-3-4-16(38-2)13(30)5-11/h3-8,10,19,21-31,33-37H,9H2,1-2H3/t10-,19-,21-,22+,23-,24+,25+,26+,27-,28+/m0/s1. The highest BCUT2D eigenvalue weighted by Crippen LogP contribution is 2.36. The summed E-state index contributed by atoms with van der Waals surface area (Å²) in [6.07, 6.45) is -15.4. The van der Waals surface area contributed by atoms with Crippen LogP contribution in [0.3, 0.4) is 0 Å². The van der Waals surface area contributed by atoms with Gasteiger partial charge in [-0.25, -0.2) is 0 Å². The smallest absolute Gasteiger partial charge is 0.229 e. The fourth-order valence-electron chi connectivity index (χ4n) is 5.01. The minimum absolute atomic E-state index is 0.0410. The van der Waals surface area contributed by atoms with Crippen molar-refractivity contribution in [1.29, 1.82) is 0 Å². The zero-order chi connectivity index (χ0) is 31.2. The number of aromatic hydroxyl groups is 2. The molecule has 2 aromatic carbocycles. The first-order valence-corrected chi connectivity index (χ1v) is 13.3. The van der Waals surface area contributed by atoms with Gasteiger partial charge in [-0.1, -0.05) is 0 Å². The largest absolute Gasteiger partial charge is 0.507 e. The third-order valence-electron chi connectivity index (χ3n) is 7.42. The normalized spacial score (nSPS) is 32.9. The number of rotatable bonds is 7. The SMILES string of the molecule is COc1ccc(-c2cc(=O)c3c(O)cc(O[C@@H]4O[C@@H](CO)[C@@H](O)[C@@H](O)[C@H]4O[C@@H]4O[C@@H](C)[C@H](O)[C@H](O)[C@H]4O)cc3o2)cc1O. The molecule has 2 aliphatic rings. The van der Waals surface area contributed by atoms with Gasteiger partial charge < -0.3 is 69.0 Å². The van der Waals surface area contributed by atoms with Crippen molar-refractivity contribution >= 4 is 11.0 Å². The Labute approximate surface area is 243 Å². The van der Waals surface area contributed by atoms with E-state index < -0.39 is 79.2 Å². The van der Waals surface area contributed by atoms with Crippen molar-refractivity contribution in [2.24, 2.45) is 0 Å². The van der Waals surface area contributed by atoms with Crippen LogP contribution in [-0.2, 0) is 14.2 Å². The molecular weight excluding hydrogens is 576 g/mol. The number of phenols is 2. The average Bonchev–Trinajstić information content (AvgIpc) is 2.97. The molecule has 0 radical (unpaired) electrons. The van der Waals surface area contributed by atoms with Crippen molar-refractivity contribution in [1.82, 2.24) is 0 Å². The van der Waals surface area contributed by atoms with Crippen LogP contribution in [0.1, 0.15) is 6.92 Å². The lowest BCUT2D eigenvalue weighted by molar-refractivity contribution is -0.354. The van der Waals surface area contributed by atoms with E-state index in [0.717, 1.165) is 12.1 Å². The van der Waals surface area contributed by atoms with E-state index in [1.165, 1.54) is 32.2 Å². The predicted molar refractivity (Wildman–Crippen MR) is 143 cm³/mol. The van der Waals surface area contributed by atoms with Gasteiger partial charge in [0.15, 0.2) is 29.3 Å². The summed E-state index contributed by atoms with van der Waals surface area (Å²) in [7, 11) is 1.38. The maximum atomic E-state index is 12.9. The minimum Gasteiger partial charge on any atom is -0.507 e. The van der Waals surface area contributed by atoms with Crippen LogP contribution >= 0.6 is 0 Å². The third-order valence-corrected chi connectivity index (χ3v) is 7.42. The number of ether oxygens (including phenoxy) is 5. The molecule has 5 rings (SSSR count). The summed E-state index contributed by atoms with van der Waals surface area (Å²) in [5.74, 6) is -0.653. The summed E-state index contributed by atoms with van der Waals surface area (Å²) < 4.78 is 33.5. The Balaban J connectivity index is 1.48. The molecule has 0 unspecified atom stereocenters. The van der Waals surface area contributed by atoms with E-state index in [1.54, 1.807) is 6.07 Å². The number of methoxy groups -OCH3 is 1. The molecule has 2 saturated heterocycles. The van der Waals surface area contributed by atoms with Crippen LogP contribution < -0.4 is 14.9 Å². The molecule has 1 aromatic heterocycles. The quantitative estimate of drug-likeness (QED) is 0.159. The van der Waals surface area contributed by atoms with Gasteiger partial charge >= 0.3 is 0 Å². The summed E-state index contributed by atoms with van der Waals surface area (Å²) in [6.45, 7) is 0.687. The summed E-state index contributed by atoms with van der Waals surface area (Å²) in [6, 6.07) is 7.77. The molecule has 3 aromatic rings. The number of benzene rings is 2. The maximum absolute atomic E-state index is 12.9. The second-order valence-corrected chi connectivity index (χ2v) is 10.3. The number of phenolic OH excluding ortho intramolecular Hbond substituents is 2. The van der Waals surface area contributed by atoms with Gasteiger partial charge in [0.1, 0.15) is 64.9 Å². The Hall–Kier alpha value is -3.51. The highest BCUT2D eigenvalue weighted by Gasteiger charge is 2.50. The average molecular weight is 609 g/mol. The first-order chi connectivity index (χ1) is 20.4. The third kappa shape index (κ3) is 5.86. The lowest BCUT2D eigenvalue weighted by atomic mass is 9.97. The minimum atomic E-state index is -1.77. The molecule has 3 heterocycles. The molecule has 2 aliphatic heterocycles. The van der Waals surface area contributed by atoms with Gasteiger partial charge in [-0.2, -0.15) is 0 Å². The van der Waals surface area contributed by atoms with Crippen molar-refractivity contribution in [3.63, 3.8) is 0 Å². The lowest BCUT2D eigenvalue weighted by Crippen LogP contribution is -2.64. The first kappa shape index (κ1) is 30.9. The second-order valence-electron chi connectivity index (χ2n) is 10.3. The van der Waals surface area contributed by atoms with Gasteiger partial charge in [0.05, 0.1) is 19.8 Å². The van der Waals surface area contributed by atoms with Gasteiger partial charge in [0, 0.05) is 23.8 Å². The van der Waals surface area contributed by atoms with Gasteiger partial charge in [-0.05, 0) is 25.1 Å². The molecule has 43 heavy (non-hydrogen) atoms. The zero-order valence-corrected chi connectivity index (χ0v) is 22.9. The summed E-state index contributed by atoms with van der Waals surface area (Å²) >= 11 is 0. The van der Waals surface area contributed by atoms with E-state index in [0.29, 0.717) is 5.56 Å². The number of hydrogen-bond donors (Lipinski definition) is 8. The van der Waals surface area contributed by atoms with Crippen LogP contribution in [0.15, 0.2) is 45.6 Å². The van der Waals surface area contributed by atoms with E-state index in [1.807, 2.05) is 0 Å². The molecule has 0 saturated carbocycles. The van der Waals surface area contributed by atoms with Crippen molar-refractivity contribution in [3.05, 3.63) is 46.6 Å². The zero-order valence-electron chi connectivity index (χ0n) is 22.9. The Kier molecular flexibility index (Phi) is 8.80. The van der Waals surface area contributed by atoms with E-state index in [9.17, 15) is 45.6 Å². The van der Waals surface area contributed by atoms with Crippen LogP contribution in [0.2, 0.25) is 0 Å². The Morgan fingerprint density at radius 2 is 1.58 bits per heavy atom. The molecule has 10 atom stereocenters. The van der Waals surface area contributed by atoms with Crippen molar-refractivity contribution in [2.45, 2.75) is 68.3 Å². The van der Waals surface area contributed by atoms with E-state index in [2.05, 4.69) is 0 Å². The summed E-state index contributed by atoms with van der Waals surface area (Å²) in [5.41, 5.74) is -0.414. The number of fused-ring (bicyclic) bond motifs is 1. The summed E-state index contributed by atoms with van der Waals surface area (Å²) in [4.78, 5) is 12.9. The lowest BCUT2D eigenvalue weighted by Gasteiger charge is -2.45. The van der Waals surface area contributed by atoms with Gasteiger partial charge in [-0.15, -0.1) is 0 Å². The predicted octanol–water partition coefficient (Wildman–Crippen LogP) is -1.09. The Morgan fingerprint density at radius 3 is 2.26 bits per heavy atom. The molecule has 0 amide bonds. The van der Waals surface area contributed by atoms with Crippen LogP contribution in [0, 0.1) is 0 Å². The molecule has 8 N–H and O–H groups in total. The van der Waals surface area contributed by atoms with Crippen LogP contribution in [-0.4, -0.2) is 116 Å². The van der Waals surface area contributed by atoms with Gasteiger partial charge in [-0.3, -0.25) is 4.79 Å². The second kappa shape index (κ2) is 12.2. The highest BCUT2D eigenvalue weighted by molar-refractivity contribution is 5.86. The van der Waals surface area contributed by atoms with Crippen LogP contribution in [0.25, 0.3) is 22.3 Å². The molecule has 234 valence electrons. The van der Waals surface area contributed by atoms with E-state index >= 15 is 0 Å².